The Labute approximate surface area is 112 Å². The van der Waals surface area contributed by atoms with Crippen LogP contribution >= 0.6 is 0 Å². The maximum Gasteiger partial charge on any atom is 0.253 e. The fraction of sp³-hybridized carbons (Fsp3) is 0.286. The summed E-state index contributed by atoms with van der Waals surface area (Å²) >= 11 is 0. The average Bonchev–Trinajstić information content (AvgIpc) is 2.81. The quantitative estimate of drug-likeness (QED) is 0.785. The highest BCUT2D eigenvalue weighted by Crippen LogP contribution is 2.17. The van der Waals surface area contributed by atoms with Crippen LogP contribution in [-0.4, -0.2) is 23.2 Å². The molecule has 0 radical (unpaired) electrons. The summed E-state index contributed by atoms with van der Waals surface area (Å²) in [7, 11) is 1.81. The average molecular weight is 258 g/mol. The van der Waals surface area contributed by atoms with Crippen LogP contribution in [0.15, 0.2) is 24.4 Å². The van der Waals surface area contributed by atoms with Gasteiger partial charge in [0.25, 0.3) is 5.91 Å². The van der Waals surface area contributed by atoms with Crippen LogP contribution in [0.25, 0.3) is 0 Å². The second kappa shape index (κ2) is 5.56. The molecule has 100 valence electrons. The van der Waals surface area contributed by atoms with E-state index < -0.39 is 0 Å². The second-order valence-corrected chi connectivity index (χ2v) is 4.50. The third-order valence-electron chi connectivity index (χ3n) is 3.06. The van der Waals surface area contributed by atoms with Gasteiger partial charge in [0.1, 0.15) is 0 Å². The number of carbonyl (C=O) groups excluding carboxylic acids is 1. The van der Waals surface area contributed by atoms with E-state index in [9.17, 15) is 4.79 Å². The number of aromatic amines is 1. The van der Waals surface area contributed by atoms with E-state index in [1.807, 2.05) is 39.1 Å². The molecule has 2 aromatic rings. The summed E-state index contributed by atoms with van der Waals surface area (Å²) < 4.78 is 0. The third kappa shape index (κ3) is 2.93. The molecule has 0 aliphatic heterocycles. The first-order valence-corrected chi connectivity index (χ1v) is 6.17. The van der Waals surface area contributed by atoms with Crippen molar-refractivity contribution in [3.63, 3.8) is 0 Å². The second-order valence-electron chi connectivity index (χ2n) is 4.50. The van der Waals surface area contributed by atoms with Crippen LogP contribution in [0.2, 0.25) is 0 Å². The summed E-state index contributed by atoms with van der Waals surface area (Å²) in [5, 5.41) is 12.7. The van der Waals surface area contributed by atoms with Crippen molar-refractivity contribution < 1.29 is 4.79 Å². The molecular weight excluding hydrogens is 240 g/mol. The number of hydrogen-bond donors (Lipinski definition) is 3. The number of hydrogen-bond acceptors (Lipinski definition) is 3. The van der Waals surface area contributed by atoms with Crippen LogP contribution in [0.5, 0.6) is 0 Å². The molecule has 0 aliphatic rings. The van der Waals surface area contributed by atoms with Crippen molar-refractivity contribution in [2.45, 2.75) is 20.4 Å². The van der Waals surface area contributed by atoms with Crippen LogP contribution < -0.4 is 10.6 Å². The van der Waals surface area contributed by atoms with Gasteiger partial charge < -0.3 is 10.6 Å². The summed E-state index contributed by atoms with van der Waals surface area (Å²) in [4.78, 5) is 12.2. The predicted molar refractivity (Wildman–Crippen MR) is 75.2 cm³/mol. The minimum Gasteiger partial charge on any atom is -0.387 e. The van der Waals surface area contributed by atoms with E-state index in [1.165, 1.54) is 0 Å². The molecule has 0 saturated carbocycles. The zero-order valence-electron chi connectivity index (χ0n) is 11.4. The highest BCUT2D eigenvalue weighted by Gasteiger charge is 2.11. The van der Waals surface area contributed by atoms with Gasteiger partial charge in [0.2, 0.25) is 0 Å². The lowest BCUT2D eigenvalue weighted by molar-refractivity contribution is 0.0951. The molecule has 0 spiro atoms. The molecule has 0 bridgehead atoms. The number of rotatable bonds is 4. The van der Waals surface area contributed by atoms with Gasteiger partial charge in [-0.1, -0.05) is 6.07 Å². The molecule has 5 nitrogen and oxygen atoms in total. The molecule has 1 aromatic heterocycles. The van der Waals surface area contributed by atoms with Crippen molar-refractivity contribution in [1.29, 1.82) is 0 Å². The molecule has 1 heterocycles. The van der Waals surface area contributed by atoms with Gasteiger partial charge in [-0.25, -0.2) is 0 Å². The van der Waals surface area contributed by atoms with Crippen molar-refractivity contribution in [1.82, 2.24) is 15.5 Å². The summed E-state index contributed by atoms with van der Waals surface area (Å²) in [6.45, 7) is 4.40. The molecular formula is C14H18N4O. The molecule has 0 atom stereocenters. The molecule has 0 unspecified atom stereocenters. The molecule has 1 amide bonds. The number of carbonyl (C=O) groups is 1. The molecule has 0 saturated heterocycles. The first-order valence-electron chi connectivity index (χ1n) is 6.17. The number of benzene rings is 1. The van der Waals surface area contributed by atoms with Gasteiger partial charge in [-0.3, -0.25) is 9.89 Å². The van der Waals surface area contributed by atoms with Crippen LogP contribution in [-0.2, 0) is 6.54 Å². The Balaban J connectivity index is 2.10. The van der Waals surface area contributed by atoms with Crippen LogP contribution in [0.1, 0.15) is 27.2 Å². The Hall–Kier alpha value is -2.30. The van der Waals surface area contributed by atoms with Crippen LogP contribution in [0.3, 0.4) is 0 Å². The van der Waals surface area contributed by atoms with Crippen molar-refractivity contribution in [3.05, 3.63) is 46.8 Å². The number of H-pyrrole nitrogens is 1. The van der Waals surface area contributed by atoms with E-state index >= 15 is 0 Å². The fourth-order valence-electron chi connectivity index (χ4n) is 1.89. The maximum absolute atomic E-state index is 12.2. The molecule has 0 aliphatic carbocycles. The molecule has 1 aromatic carbocycles. The van der Waals surface area contributed by atoms with Crippen molar-refractivity contribution in [2.24, 2.45) is 0 Å². The number of aromatic nitrogens is 2. The number of amides is 1. The molecule has 5 heteroatoms. The van der Waals surface area contributed by atoms with Crippen LogP contribution in [0.4, 0.5) is 5.69 Å². The Bertz CT molecular complexity index is 589. The lowest BCUT2D eigenvalue weighted by Crippen LogP contribution is -2.23. The van der Waals surface area contributed by atoms with E-state index in [-0.39, 0.29) is 5.91 Å². The largest absolute Gasteiger partial charge is 0.387 e. The highest BCUT2D eigenvalue weighted by atomic mass is 16.1. The summed E-state index contributed by atoms with van der Waals surface area (Å²) in [6.07, 6.45) is 1.73. The SMILES string of the molecule is CNc1cc(C)ccc1C(=O)NCc1cn[nH]c1C. The first kappa shape index (κ1) is 13.1. The molecule has 0 fully saturated rings. The Kier molecular flexibility index (Phi) is 3.85. The number of nitrogens with zero attached hydrogens (tertiary/aromatic N) is 1. The normalized spacial score (nSPS) is 10.3. The minimum atomic E-state index is -0.0926. The lowest BCUT2D eigenvalue weighted by atomic mass is 10.1. The monoisotopic (exact) mass is 258 g/mol. The Morgan fingerprint density at radius 1 is 1.37 bits per heavy atom. The van der Waals surface area contributed by atoms with E-state index in [0.29, 0.717) is 12.1 Å². The van der Waals surface area contributed by atoms with E-state index in [1.54, 1.807) is 6.20 Å². The Morgan fingerprint density at radius 3 is 2.79 bits per heavy atom. The van der Waals surface area contributed by atoms with E-state index in [0.717, 1.165) is 22.5 Å². The number of aryl methyl sites for hydroxylation is 2. The van der Waals surface area contributed by atoms with Gasteiger partial charge in [-0.15, -0.1) is 0 Å². The Morgan fingerprint density at radius 2 is 2.16 bits per heavy atom. The minimum absolute atomic E-state index is 0.0926. The van der Waals surface area contributed by atoms with Gasteiger partial charge in [0, 0.05) is 30.5 Å². The fourth-order valence-corrected chi connectivity index (χ4v) is 1.89. The zero-order valence-corrected chi connectivity index (χ0v) is 11.4. The smallest absolute Gasteiger partial charge is 0.253 e. The first-order chi connectivity index (χ1) is 9.11. The number of nitrogens with one attached hydrogen (secondary N) is 3. The predicted octanol–water partition coefficient (Wildman–Crippen LogP) is 2.00. The van der Waals surface area contributed by atoms with Gasteiger partial charge >= 0.3 is 0 Å². The van der Waals surface area contributed by atoms with Gasteiger partial charge in [-0.05, 0) is 31.5 Å². The van der Waals surface area contributed by atoms with Gasteiger partial charge in [0.05, 0.1) is 11.8 Å². The number of anilines is 1. The highest BCUT2D eigenvalue weighted by molar-refractivity contribution is 5.99. The maximum atomic E-state index is 12.2. The molecule has 3 N–H and O–H groups in total. The lowest BCUT2D eigenvalue weighted by Gasteiger charge is -2.10. The summed E-state index contributed by atoms with van der Waals surface area (Å²) in [5.74, 6) is -0.0926. The third-order valence-corrected chi connectivity index (χ3v) is 3.06. The van der Waals surface area contributed by atoms with Crippen molar-refractivity contribution in [2.75, 3.05) is 12.4 Å². The topological polar surface area (TPSA) is 69.8 Å². The van der Waals surface area contributed by atoms with Gasteiger partial charge in [-0.2, -0.15) is 5.10 Å². The zero-order chi connectivity index (χ0) is 13.8. The summed E-state index contributed by atoms with van der Waals surface area (Å²) in [6, 6.07) is 5.72. The van der Waals surface area contributed by atoms with E-state index in [2.05, 4.69) is 20.8 Å². The van der Waals surface area contributed by atoms with Crippen LogP contribution in [0, 0.1) is 13.8 Å². The van der Waals surface area contributed by atoms with Crippen molar-refractivity contribution >= 4 is 11.6 Å². The van der Waals surface area contributed by atoms with Gasteiger partial charge in [0.15, 0.2) is 0 Å². The van der Waals surface area contributed by atoms with E-state index in [4.69, 9.17) is 0 Å². The summed E-state index contributed by atoms with van der Waals surface area (Å²) in [5.41, 5.74) is 4.56. The molecule has 2 rings (SSSR count). The standard InChI is InChI=1S/C14H18N4O/c1-9-4-5-12(13(6-9)15-3)14(19)16-7-11-8-17-18-10(11)2/h4-6,8,15H,7H2,1-3H3,(H,16,19)(H,17,18). The van der Waals surface area contributed by atoms with Crippen molar-refractivity contribution in [3.8, 4) is 0 Å². The molecule has 19 heavy (non-hydrogen) atoms.